The summed E-state index contributed by atoms with van der Waals surface area (Å²) in [7, 11) is 0. The fraction of sp³-hybridized carbons (Fsp3) is 0.450. The van der Waals surface area contributed by atoms with E-state index in [2.05, 4.69) is 12.0 Å². The van der Waals surface area contributed by atoms with Crippen molar-refractivity contribution in [3.63, 3.8) is 0 Å². The predicted octanol–water partition coefficient (Wildman–Crippen LogP) is 4.61. The lowest BCUT2D eigenvalue weighted by molar-refractivity contribution is 0.0875. The first-order valence-corrected chi connectivity index (χ1v) is 8.67. The van der Waals surface area contributed by atoms with Crippen molar-refractivity contribution in [2.24, 2.45) is 0 Å². The third-order valence-electron chi connectivity index (χ3n) is 4.48. The lowest BCUT2D eigenvalue weighted by Crippen LogP contribution is -2.25. The number of rotatable bonds is 4. The number of ketones is 1. The first-order valence-electron chi connectivity index (χ1n) is 8.67. The van der Waals surface area contributed by atoms with E-state index in [9.17, 15) is 9.59 Å². The molecule has 24 heavy (non-hydrogen) atoms. The topological polar surface area (TPSA) is 52.0 Å². The molecule has 0 saturated heterocycles. The van der Waals surface area contributed by atoms with Gasteiger partial charge in [0.25, 0.3) is 0 Å². The maximum Gasteiger partial charge on any atom is 0.247 e. The van der Waals surface area contributed by atoms with Crippen molar-refractivity contribution in [1.29, 1.82) is 0 Å². The molecule has 0 atom stereocenters. The minimum Gasteiger partial charge on any atom is -0.288 e. The van der Waals surface area contributed by atoms with Crippen LogP contribution in [0.3, 0.4) is 0 Å². The number of benzene rings is 1. The summed E-state index contributed by atoms with van der Waals surface area (Å²) in [5, 5.41) is 4.57. The van der Waals surface area contributed by atoms with E-state index in [1.165, 1.54) is 4.68 Å². The fourth-order valence-corrected chi connectivity index (χ4v) is 3.35. The van der Waals surface area contributed by atoms with Crippen molar-refractivity contribution >= 4 is 11.7 Å². The molecule has 1 aromatic carbocycles. The van der Waals surface area contributed by atoms with Gasteiger partial charge in [-0.3, -0.25) is 9.59 Å². The molecule has 1 aliphatic rings. The van der Waals surface area contributed by atoms with Gasteiger partial charge in [0.15, 0.2) is 5.78 Å². The largest absolute Gasteiger partial charge is 0.288 e. The molecule has 1 aromatic heterocycles. The molecule has 0 radical (unpaired) electrons. The van der Waals surface area contributed by atoms with Crippen LogP contribution in [0, 0.1) is 0 Å². The Morgan fingerprint density at radius 1 is 1.12 bits per heavy atom. The van der Waals surface area contributed by atoms with E-state index in [0.717, 1.165) is 30.5 Å². The minimum absolute atomic E-state index is 0.0156. The second kappa shape index (κ2) is 6.00. The van der Waals surface area contributed by atoms with Crippen LogP contribution in [0.5, 0.6) is 0 Å². The van der Waals surface area contributed by atoms with E-state index in [0.29, 0.717) is 23.2 Å². The van der Waals surface area contributed by atoms with E-state index < -0.39 is 0 Å². The van der Waals surface area contributed by atoms with Crippen LogP contribution in [0.25, 0.3) is 11.3 Å². The second-order valence-corrected chi connectivity index (χ2v) is 7.46. The zero-order valence-electron chi connectivity index (χ0n) is 14.8. The highest BCUT2D eigenvalue weighted by Crippen LogP contribution is 2.41. The van der Waals surface area contributed by atoms with Gasteiger partial charge >= 0.3 is 0 Å². The van der Waals surface area contributed by atoms with Gasteiger partial charge in [-0.15, -0.1) is 0 Å². The van der Waals surface area contributed by atoms with Gasteiger partial charge in [-0.05, 0) is 6.42 Å². The Bertz CT molecular complexity index is 810. The van der Waals surface area contributed by atoms with Crippen LogP contribution in [-0.4, -0.2) is 21.5 Å². The van der Waals surface area contributed by atoms with E-state index in [1.54, 1.807) is 0 Å². The van der Waals surface area contributed by atoms with Crippen LogP contribution in [0.4, 0.5) is 0 Å². The first kappa shape index (κ1) is 16.6. The van der Waals surface area contributed by atoms with Crippen LogP contribution < -0.4 is 0 Å². The van der Waals surface area contributed by atoms with Crippen LogP contribution >= 0.6 is 0 Å². The first-order chi connectivity index (χ1) is 11.4. The molecule has 2 aromatic rings. The molecule has 0 spiro atoms. The molecule has 4 heteroatoms. The van der Waals surface area contributed by atoms with Crippen molar-refractivity contribution in [1.82, 2.24) is 9.78 Å². The SMILES string of the molecule is CCCCCC(=O)n1nc2c(c1C(C)(C)C)C(=O)c1ccccc1-2. The molecule has 1 aliphatic carbocycles. The van der Waals surface area contributed by atoms with Crippen molar-refractivity contribution in [2.75, 3.05) is 0 Å². The second-order valence-electron chi connectivity index (χ2n) is 7.46. The summed E-state index contributed by atoms with van der Waals surface area (Å²) >= 11 is 0. The minimum atomic E-state index is -0.335. The smallest absolute Gasteiger partial charge is 0.247 e. The van der Waals surface area contributed by atoms with E-state index in [4.69, 9.17) is 0 Å². The summed E-state index contributed by atoms with van der Waals surface area (Å²) in [6.07, 6.45) is 3.42. The standard InChI is InChI=1S/C20H24N2O2/c1-5-6-7-12-15(23)22-19(20(2,3)4)16-17(21-22)13-10-8-9-11-14(13)18(16)24/h8-11H,5-7,12H2,1-4H3. The maximum absolute atomic E-state index is 12.9. The van der Waals surface area contributed by atoms with Crippen molar-refractivity contribution < 1.29 is 9.59 Å². The zero-order chi connectivity index (χ0) is 17.5. The molecular weight excluding hydrogens is 300 g/mol. The van der Waals surface area contributed by atoms with Crippen molar-refractivity contribution in [2.45, 2.75) is 58.8 Å². The van der Waals surface area contributed by atoms with E-state index >= 15 is 0 Å². The van der Waals surface area contributed by atoms with Gasteiger partial charge in [0.2, 0.25) is 5.91 Å². The Kier molecular flexibility index (Phi) is 4.16. The molecule has 3 rings (SSSR count). The summed E-state index contributed by atoms with van der Waals surface area (Å²) in [5.74, 6) is -0.0359. The summed E-state index contributed by atoms with van der Waals surface area (Å²) in [4.78, 5) is 25.6. The molecule has 1 heterocycles. The van der Waals surface area contributed by atoms with Gasteiger partial charge in [0.05, 0.1) is 11.3 Å². The van der Waals surface area contributed by atoms with E-state index in [1.807, 2.05) is 45.0 Å². The number of carbonyl (C=O) groups is 2. The summed E-state index contributed by atoms with van der Waals surface area (Å²) in [5.41, 5.74) is 3.19. The molecule has 126 valence electrons. The highest BCUT2D eigenvalue weighted by Gasteiger charge is 2.39. The number of nitrogens with zero attached hydrogens (tertiary/aromatic N) is 2. The number of hydrogen-bond donors (Lipinski definition) is 0. The number of hydrogen-bond acceptors (Lipinski definition) is 3. The average molecular weight is 324 g/mol. The van der Waals surface area contributed by atoms with Gasteiger partial charge in [0.1, 0.15) is 5.69 Å². The maximum atomic E-state index is 12.9. The number of unbranched alkanes of at least 4 members (excludes halogenated alkanes) is 2. The molecule has 4 nitrogen and oxygen atoms in total. The lowest BCUT2D eigenvalue weighted by Gasteiger charge is -2.21. The molecule has 0 bridgehead atoms. The Labute approximate surface area is 142 Å². The average Bonchev–Trinajstić information content (AvgIpc) is 3.05. The van der Waals surface area contributed by atoms with Crippen LogP contribution in [0.2, 0.25) is 0 Å². The summed E-state index contributed by atoms with van der Waals surface area (Å²) < 4.78 is 1.49. The summed E-state index contributed by atoms with van der Waals surface area (Å²) in [6.45, 7) is 8.19. The van der Waals surface area contributed by atoms with Gasteiger partial charge in [-0.25, -0.2) is 4.68 Å². The molecule has 0 amide bonds. The molecule has 0 N–H and O–H groups in total. The third kappa shape index (κ3) is 2.60. The fourth-order valence-electron chi connectivity index (χ4n) is 3.35. The molecule has 0 saturated carbocycles. The molecule has 0 aliphatic heterocycles. The normalized spacial score (nSPS) is 13.1. The van der Waals surface area contributed by atoms with Crippen LogP contribution in [0.15, 0.2) is 24.3 Å². The molecule has 0 fully saturated rings. The highest BCUT2D eigenvalue weighted by atomic mass is 16.2. The van der Waals surface area contributed by atoms with Crippen molar-refractivity contribution in [3.8, 4) is 11.3 Å². The van der Waals surface area contributed by atoms with Gasteiger partial charge in [-0.2, -0.15) is 5.10 Å². The Hall–Kier alpha value is -2.23. The van der Waals surface area contributed by atoms with Crippen molar-refractivity contribution in [3.05, 3.63) is 41.1 Å². The van der Waals surface area contributed by atoms with Crippen LogP contribution in [-0.2, 0) is 5.41 Å². The van der Waals surface area contributed by atoms with Gasteiger partial charge in [-0.1, -0.05) is 64.8 Å². The predicted molar refractivity (Wildman–Crippen MR) is 94.6 cm³/mol. The van der Waals surface area contributed by atoms with Gasteiger partial charge < -0.3 is 0 Å². The monoisotopic (exact) mass is 324 g/mol. The number of carbonyl (C=O) groups excluding carboxylic acids is 2. The third-order valence-corrected chi connectivity index (χ3v) is 4.48. The number of fused-ring (bicyclic) bond motifs is 3. The molecule has 0 unspecified atom stereocenters. The van der Waals surface area contributed by atoms with Gasteiger partial charge in [0, 0.05) is 23.0 Å². The number of aromatic nitrogens is 2. The van der Waals surface area contributed by atoms with E-state index in [-0.39, 0.29) is 17.1 Å². The Morgan fingerprint density at radius 2 is 1.79 bits per heavy atom. The Balaban J connectivity index is 2.12. The Morgan fingerprint density at radius 3 is 2.42 bits per heavy atom. The molecular formula is C20H24N2O2. The van der Waals surface area contributed by atoms with Crippen LogP contribution in [0.1, 0.15) is 79.8 Å². The highest BCUT2D eigenvalue weighted by molar-refractivity contribution is 6.22. The zero-order valence-corrected chi connectivity index (χ0v) is 14.8. The summed E-state index contributed by atoms with van der Waals surface area (Å²) in [6, 6.07) is 7.51. The lowest BCUT2D eigenvalue weighted by atomic mass is 9.87. The quantitative estimate of drug-likeness (QED) is 0.658.